The van der Waals surface area contributed by atoms with Gasteiger partial charge in [0.15, 0.2) is 0 Å². The Hall–Kier alpha value is -2.20. The third-order valence-electron chi connectivity index (χ3n) is 3.33. The molecule has 2 rings (SSSR count). The highest BCUT2D eigenvalue weighted by molar-refractivity contribution is 6.33. The Balaban J connectivity index is 1.70. The van der Waals surface area contributed by atoms with Crippen LogP contribution in [0.3, 0.4) is 0 Å². The van der Waals surface area contributed by atoms with E-state index in [9.17, 15) is 4.79 Å². The summed E-state index contributed by atoms with van der Waals surface area (Å²) in [6.07, 6.45) is 0. The van der Waals surface area contributed by atoms with Gasteiger partial charge in [0.05, 0.1) is 17.3 Å². The number of carbonyl (C=O) groups is 1. The van der Waals surface area contributed by atoms with Gasteiger partial charge in [-0.05, 0) is 35.7 Å². The summed E-state index contributed by atoms with van der Waals surface area (Å²) in [5, 5.41) is 5.92. The van der Waals surface area contributed by atoms with Crippen molar-refractivity contribution in [3.05, 3.63) is 59.1 Å². The molecule has 0 aliphatic heterocycles. The number of benzene rings is 2. The maximum Gasteiger partial charge on any atom is 0.319 e. The largest absolute Gasteiger partial charge is 0.492 e. The van der Waals surface area contributed by atoms with E-state index in [4.69, 9.17) is 16.3 Å². The predicted molar refractivity (Wildman–Crippen MR) is 94.5 cm³/mol. The highest BCUT2D eigenvalue weighted by Crippen LogP contribution is 2.20. The molecule has 2 aromatic carbocycles. The fraction of sp³-hybridized carbons (Fsp3) is 0.278. The Bertz CT molecular complexity index is 642. The number of anilines is 1. The van der Waals surface area contributed by atoms with Gasteiger partial charge < -0.3 is 15.4 Å². The van der Waals surface area contributed by atoms with Crippen LogP contribution in [0.5, 0.6) is 5.75 Å². The lowest BCUT2D eigenvalue weighted by atomic mass is 10.0. The van der Waals surface area contributed by atoms with Gasteiger partial charge in [-0.2, -0.15) is 0 Å². The lowest BCUT2D eigenvalue weighted by Crippen LogP contribution is -2.32. The van der Waals surface area contributed by atoms with Crippen LogP contribution in [0.2, 0.25) is 5.02 Å². The van der Waals surface area contributed by atoms with Gasteiger partial charge in [-0.15, -0.1) is 0 Å². The Morgan fingerprint density at radius 2 is 1.83 bits per heavy atom. The minimum absolute atomic E-state index is 0.308. The Labute approximate surface area is 141 Å². The summed E-state index contributed by atoms with van der Waals surface area (Å²) in [4.78, 5) is 11.8. The van der Waals surface area contributed by atoms with E-state index in [1.54, 1.807) is 12.1 Å². The normalized spacial score (nSPS) is 10.4. The van der Waals surface area contributed by atoms with E-state index >= 15 is 0 Å². The number of rotatable bonds is 6. The van der Waals surface area contributed by atoms with E-state index < -0.39 is 0 Å². The van der Waals surface area contributed by atoms with Crippen molar-refractivity contribution in [1.82, 2.24) is 5.32 Å². The average molecular weight is 333 g/mol. The second kappa shape index (κ2) is 8.44. The summed E-state index contributed by atoms with van der Waals surface area (Å²) >= 11 is 5.98. The van der Waals surface area contributed by atoms with Gasteiger partial charge in [-0.3, -0.25) is 0 Å². The van der Waals surface area contributed by atoms with Crippen molar-refractivity contribution >= 4 is 23.3 Å². The van der Waals surface area contributed by atoms with Crippen molar-refractivity contribution in [1.29, 1.82) is 0 Å². The van der Waals surface area contributed by atoms with Crippen LogP contribution >= 0.6 is 11.6 Å². The van der Waals surface area contributed by atoms with E-state index in [-0.39, 0.29) is 6.03 Å². The Morgan fingerprint density at radius 1 is 1.13 bits per heavy atom. The zero-order valence-corrected chi connectivity index (χ0v) is 14.1. The zero-order chi connectivity index (χ0) is 16.7. The molecule has 23 heavy (non-hydrogen) atoms. The number of urea groups is 1. The first-order valence-corrected chi connectivity index (χ1v) is 7.96. The van der Waals surface area contributed by atoms with Gasteiger partial charge in [0, 0.05) is 0 Å². The average Bonchev–Trinajstić information content (AvgIpc) is 2.54. The number of ether oxygens (including phenoxy) is 1. The van der Waals surface area contributed by atoms with E-state index in [1.807, 2.05) is 24.3 Å². The summed E-state index contributed by atoms with van der Waals surface area (Å²) in [5.74, 6) is 1.29. The van der Waals surface area contributed by atoms with Crippen molar-refractivity contribution in [2.45, 2.75) is 19.8 Å². The molecule has 0 aliphatic rings. The molecule has 4 nitrogen and oxygen atoms in total. The van der Waals surface area contributed by atoms with Crippen LogP contribution in [0.4, 0.5) is 10.5 Å². The highest BCUT2D eigenvalue weighted by Gasteiger charge is 2.04. The van der Waals surface area contributed by atoms with Gasteiger partial charge in [-0.1, -0.05) is 49.7 Å². The quantitative estimate of drug-likeness (QED) is 0.755. The fourth-order valence-corrected chi connectivity index (χ4v) is 2.19. The number of amides is 2. The van der Waals surface area contributed by atoms with E-state index in [1.165, 1.54) is 5.56 Å². The van der Waals surface area contributed by atoms with E-state index in [0.717, 1.165) is 5.75 Å². The summed E-state index contributed by atoms with van der Waals surface area (Å²) in [5.41, 5.74) is 1.85. The molecular weight excluding hydrogens is 312 g/mol. The van der Waals surface area contributed by atoms with Crippen LogP contribution in [-0.4, -0.2) is 19.2 Å². The second-order valence-electron chi connectivity index (χ2n) is 5.43. The fourth-order valence-electron chi connectivity index (χ4n) is 2.01. The Kier molecular flexibility index (Phi) is 6.29. The summed E-state index contributed by atoms with van der Waals surface area (Å²) in [7, 11) is 0. The van der Waals surface area contributed by atoms with Crippen molar-refractivity contribution in [3.8, 4) is 5.75 Å². The van der Waals surface area contributed by atoms with Crippen LogP contribution in [0.25, 0.3) is 0 Å². The van der Waals surface area contributed by atoms with E-state index in [2.05, 4.69) is 36.6 Å². The first-order valence-electron chi connectivity index (χ1n) is 7.58. The molecule has 0 unspecified atom stereocenters. The van der Waals surface area contributed by atoms with Crippen LogP contribution in [0, 0.1) is 0 Å². The molecule has 2 aromatic rings. The van der Waals surface area contributed by atoms with Crippen molar-refractivity contribution in [2.24, 2.45) is 0 Å². The standard InChI is InChI=1S/C18H21ClN2O2/c1-13(2)14-7-9-15(10-8-14)23-12-11-20-18(22)21-17-6-4-3-5-16(17)19/h3-10,13H,11-12H2,1-2H3,(H2,20,21,22). The van der Waals surface area contributed by atoms with Crippen molar-refractivity contribution < 1.29 is 9.53 Å². The molecule has 0 heterocycles. The molecule has 0 aliphatic carbocycles. The molecule has 0 spiro atoms. The lowest BCUT2D eigenvalue weighted by molar-refractivity contribution is 0.247. The smallest absolute Gasteiger partial charge is 0.319 e. The van der Waals surface area contributed by atoms with Gasteiger partial charge >= 0.3 is 6.03 Å². The van der Waals surface area contributed by atoms with Crippen LogP contribution < -0.4 is 15.4 Å². The number of para-hydroxylation sites is 1. The van der Waals surface area contributed by atoms with Crippen LogP contribution in [-0.2, 0) is 0 Å². The topological polar surface area (TPSA) is 50.4 Å². The first kappa shape index (κ1) is 17.2. The van der Waals surface area contributed by atoms with Gasteiger partial charge in [0.2, 0.25) is 0 Å². The second-order valence-corrected chi connectivity index (χ2v) is 5.84. The maximum absolute atomic E-state index is 11.8. The third-order valence-corrected chi connectivity index (χ3v) is 3.65. The van der Waals surface area contributed by atoms with E-state index in [0.29, 0.717) is 29.8 Å². The number of hydrogen-bond acceptors (Lipinski definition) is 2. The molecule has 0 atom stereocenters. The van der Waals surface area contributed by atoms with Crippen LogP contribution in [0.15, 0.2) is 48.5 Å². The van der Waals surface area contributed by atoms with Crippen molar-refractivity contribution in [2.75, 3.05) is 18.5 Å². The summed E-state index contributed by atoms with van der Waals surface area (Å²) in [6.45, 7) is 5.11. The first-order chi connectivity index (χ1) is 11.1. The molecular formula is C18H21ClN2O2. The molecule has 0 radical (unpaired) electrons. The molecule has 2 N–H and O–H groups in total. The molecule has 122 valence electrons. The molecule has 0 bridgehead atoms. The molecule has 0 saturated carbocycles. The van der Waals surface area contributed by atoms with Gasteiger partial charge in [-0.25, -0.2) is 4.79 Å². The Morgan fingerprint density at radius 3 is 2.48 bits per heavy atom. The molecule has 2 amide bonds. The highest BCUT2D eigenvalue weighted by atomic mass is 35.5. The molecule has 0 fully saturated rings. The number of nitrogens with one attached hydrogen (secondary N) is 2. The number of carbonyl (C=O) groups excluding carboxylic acids is 1. The monoisotopic (exact) mass is 332 g/mol. The SMILES string of the molecule is CC(C)c1ccc(OCCNC(=O)Nc2ccccc2Cl)cc1. The molecule has 0 aromatic heterocycles. The summed E-state index contributed by atoms with van der Waals surface area (Å²) in [6, 6.07) is 14.8. The summed E-state index contributed by atoms with van der Waals surface area (Å²) < 4.78 is 5.60. The predicted octanol–water partition coefficient (Wildman–Crippen LogP) is 4.66. The lowest BCUT2D eigenvalue weighted by Gasteiger charge is -2.11. The maximum atomic E-state index is 11.8. The number of hydrogen-bond donors (Lipinski definition) is 2. The minimum Gasteiger partial charge on any atom is -0.492 e. The molecule has 0 saturated heterocycles. The zero-order valence-electron chi connectivity index (χ0n) is 13.3. The molecule has 5 heteroatoms. The number of halogens is 1. The minimum atomic E-state index is -0.308. The van der Waals surface area contributed by atoms with Gasteiger partial charge in [0.1, 0.15) is 12.4 Å². The van der Waals surface area contributed by atoms with Crippen molar-refractivity contribution in [3.63, 3.8) is 0 Å². The van der Waals surface area contributed by atoms with Crippen LogP contribution in [0.1, 0.15) is 25.3 Å². The van der Waals surface area contributed by atoms with Gasteiger partial charge in [0.25, 0.3) is 0 Å². The third kappa shape index (κ3) is 5.49.